The molecule has 3 N–H and O–H groups in total. The molecule has 1 saturated heterocycles. The van der Waals surface area contributed by atoms with Gasteiger partial charge in [0.15, 0.2) is 15.7 Å². The molecule has 12 heteroatoms. The zero-order valence-corrected chi connectivity index (χ0v) is 22.0. The standard InChI is InChI=1S/C28H25N5O6S/c29-27(35)28(38-13-14-39-28)23(15-18-7-2-1-3-8-18)31-26(34)21-10-6-12-30-25(21)33-16-19-17-40(36,37)22-11-5-4-9-20(22)24(19)32-33/h1-12,16,23H,13-15,17H2,(H2,29,35)(H,31,34). The average Bonchev–Trinajstić information content (AvgIpc) is 3.62. The van der Waals surface area contributed by atoms with Crippen molar-refractivity contribution < 1.29 is 27.5 Å². The van der Waals surface area contributed by atoms with Crippen LogP contribution in [-0.2, 0) is 36.3 Å². The van der Waals surface area contributed by atoms with Crippen LogP contribution in [-0.4, -0.2) is 60.0 Å². The first-order chi connectivity index (χ1) is 19.3. The lowest BCUT2D eigenvalue weighted by Crippen LogP contribution is -2.61. The van der Waals surface area contributed by atoms with Gasteiger partial charge in [-0.1, -0.05) is 48.5 Å². The Balaban J connectivity index is 1.37. The number of nitrogens with two attached hydrogens (primary N) is 1. The van der Waals surface area contributed by atoms with Gasteiger partial charge in [0.05, 0.1) is 41.2 Å². The van der Waals surface area contributed by atoms with E-state index in [1.54, 1.807) is 42.6 Å². The summed E-state index contributed by atoms with van der Waals surface area (Å²) in [6.45, 7) is 0.289. The van der Waals surface area contributed by atoms with Crippen molar-refractivity contribution in [2.45, 2.75) is 28.9 Å². The molecule has 0 aliphatic carbocycles. The maximum atomic E-state index is 13.8. The van der Waals surface area contributed by atoms with Crippen molar-refractivity contribution in [1.29, 1.82) is 0 Å². The second kappa shape index (κ2) is 9.97. The molecule has 0 saturated carbocycles. The van der Waals surface area contributed by atoms with E-state index in [1.165, 1.54) is 10.9 Å². The molecule has 40 heavy (non-hydrogen) atoms. The number of pyridine rings is 1. The molecule has 2 aliphatic heterocycles. The number of sulfone groups is 1. The van der Waals surface area contributed by atoms with Gasteiger partial charge in [0, 0.05) is 23.5 Å². The van der Waals surface area contributed by atoms with Gasteiger partial charge in [-0.25, -0.2) is 18.1 Å². The summed E-state index contributed by atoms with van der Waals surface area (Å²) in [6, 6.07) is 18.1. The molecule has 1 fully saturated rings. The highest BCUT2D eigenvalue weighted by Gasteiger charge is 2.51. The Bertz CT molecular complexity index is 1710. The molecular weight excluding hydrogens is 534 g/mol. The van der Waals surface area contributed by atoms with Crippen molar-refractivity contribution >= 4 is 21.7 Å². The number of rotatable bonds is 7. The van der Waals surface area contributed by atoms with Gasteiger partial charge in [0.1, 0.15) is 0 Å². The summed E-state index contributed by atoms with van der Waals surface area (Å²) < 4.78 is 38.5. The summed E-state index contributed by atoms with van der Waals surface area (Å²) >= 11 is 0. The smallest absolute Gasteiger partial charge is 0.280 e. The number of fused-ring (bicyclic) bond motifs is 3. The normalized spacial score (nSPS) is 17.4. The lowest BCUT2D eigenvalue weighted by molar-refractivity contribution is -0.189. The van der Waals surface area contributed by atoms with Crippen molar-refractivity contribution in [3.05, 3.63) is 95.8 Å². The summed E-state index contributed by atoms with van der Waals surface area (Å²) in [5.74, 6) is -3.30. The fourth-order valence-corrected chi connectivity index (χ4v) is 6.69. The van der Waals surface area contributed by atoms with Crippen molar-refractivity contribution in [1.82, 2.24) is 20.1 Å². The Labute approximate surface area is 229 Å². The number of ether oxygens (including phenoxy) is 2. The maximum absolute atomic E-state index is 13.8. The third kappa shape index (κ3) is 4.45. The van der Waals surface area contributed by atoms with Gasteiger partial charge in [0.25, 0.3) is 17.6 Å². The van der Waals surface area contributed by atoms with E-state index in [0.29, 0.717) is 16.8 Å². The molecule has 204 valence electrons. The van der Waals surface area contributed by atoms with Gasteiger partial charge < -0.3 is 20.5 Å². The summed E-state index contributed by atoms with van der Waals surface area (Å²) in [7, 11) is -3.55. The predicted octanol–water partition coefficient (Wildman–Crippen LogP) is 1.79. The van der Waals surface area contributed by atoms with Crippen LogP contribution < -0.4 is 11.1 Å². The number of amides is 2. The minimum atomic E-state index is -3.55. The second-order valence-electron chi connectivity index (χ2n) is 9.52. The maximum Gasteiger partial charge on any atom is 0.280 e. The Hall–Kier alpha value is -4.39. The van der Waals surface area contributed by atoms with Crippen LogP contribution in [0.5, 0.6) is 0 Å². The molecular formula is C28H25N5O6S. The highest BCUT2D eigenvalue weighted by molar-refractivity contribution is 7.90. The molecule has 4 aromatic rings. The first-order valence-corrected chi connectivity index (χ1v) is 14.2. The molecule has 11 nitrogen and oxygen atoms in total. The van der Waals surface area contributed by atoms with Crippen LogP contribution in [0.1, 0.15) is 21.5 Å². The van der Waals surface area contributed by atoms with Crippen molar-refractivity contribution in [3.8, 4) is 17.1 Å². The first kappa shape index (κ1) is 25.9. The molecule has 2 aromatic carbocycles. The molecule has 1 atom stereocenters. The number of aromatic nitrogens is 3. The number of hydrogen-bond acceptors (Lipinski definition) is 8. The molecule has 2 amide bonds. The Kier molecular flexibility index (Phi) is 6.45. The van der Waals surface area contributed by atoms with Crippen LogP contribution in [0.25, 0.3) is 17.1 Å². The SMILES string of the molecule is NC(=O)C1(C(Cc2ccccc2)NC(=O)c2cccnc2-n2cc3c(n2)-c2ccccc2S(=O)(=O)C3)OCCO1. The highest BCUT2D eigenvalue weighted by Crippen LogP contribution is 2.37. The summed E-state index contributed by atoms with van der Waals surface area (Å²) in [6.07, 6.45) is 3.28. The summed E-state index contributed by atoms with van der Waals surface area (Å²) in [5, 5.41) is 7.50. The van der Waals surface area contributed by atoms with Crippen molar-refractivity contribution in [2.75, 3.05) is 13.2 Å². The van der Waals surface area contributed by atoms with Gasteiger partial charge in [-0.05, 0) is 30.2 Å². The van der Waals surface area contributed by atoms with E-state index >= 15 is 0 Å². The summed E-state index contributed by atoms with van der Waals surface area (Å²) in [4.78, 5) is 30.9. The number of carbonyl (C=O) groups excluding carboxylic acids is 2. The Morgan fingerprint density at radius 1 is 1.02 bits per heavy atom. The van der Waals surface area contributed by atoms with Crippen molar-refractivity contribution in [3.63, 3.8) is 0 Å². The molecule has 2 aromatic heterocycles. The monoisotopic (exact) mass is 559 g/mol. The molecule has 6 rings (SSSR count). The van der Waals surface area contributed by atoms with Crippen LogP contribution in [0, 0.1) is 0 Å². The van der Waals surface area contributed by atoms with E-state index in [1.807, 2.05) is 30.3 Å². The molecule has 4 heterocycles. The van der Waals surface area contributed by atoms with Gasteiger partial charge in [-0.15, -0.1) is 0 Å². The third-order valence-electron chi connectivity index (χ3n) is 6.97. The van der Waals surface area contributed by atoms with Gasteiger partial charge >= 0.3 is 0 Å². The van der Waals surface area contributed by atoms with Crippen LogP contribution in [0.3, 0.4) is 0 Å². The molecule has 1 unspecified atom stereocenters. The zero-order valence-electron chi connectivity index (χ0n) is 21.2. The number of nitrogens with one attached hydrogen (secondary N) is 1. The lowest BCUT2D eigenvalue weighted by Gasteiger charge is -2.33. The van der Waals surface area contributed by atoms with Crippen LogP contribution in [0.2, 0.25) is 0 Å². The van der Waals surface area contributed by atoms with E-state index in [0.717, 1.165) is 5.56 Å². The molecule has 2 aliphatic rings. The minimum absolute atomic E-state index is 0.144. The van der Waals surface area contributed by atoms with Crippen LogP contribution in [0.15, 0.2) is 84.0 Å². The number of benzene rings is 2. The number of hydrogen-bond donors (Lipinski definition) is 2. The van der Waals surface area contributed by atoms with Crippen molar-refractivity contribution in [2.24, 2.45) is 5.73 Å². The van der Waals surface area contributed by atoms with Crippen LogP contribution in [0.4, 0.5) is 0 Å². The fraction of sp³-hybridized carbons (Fsp3) is 0.214. The minimum Gasteiger partial charge on any atom is -0.365 e. The fourth-order valence-electron chi connectivity index (χ4n) is 5.13. The largest absolute Gasteiger partial charge is 0.365 e. The topological polar surface area (TPSA) is 155 Å². The molecule has 0 bridgehead atoms. The van der Waals surface area contributed by atoms with E-state index < -0.39 is 33.5 Å². The van der Waals surface area contributed by atoms with Crippen LogP contribution >= 0.6 is 0 Å². The van der Waals surface area contributed by atoms with E-state index in [4.69, 9.17) is 15.2 Å². The third-order valence-corrected chi connectivity index (χ3v) is 8.68. The number of primary amides is 1. The van der Waals surface area contributed by atoms with E-state index in [9.17, 15) is 18.0 Å². The summed E-state index contributed by atoms with van der Waals surface area (Å²) in [5.41, 5.74) is 8.20. The lowest BCUT2D eigenvalue weighted by atomic mass is 9.97. The highest BCUT2D eigenvalue weighted by atomic mass is 32.2. The number of nitrogens with zero attached hydrogens (tertiary/aromatic N) is 3. The second-order valence-corrected chi connectivity index (χ2v) is 11.5. The molecule has 0 radical (unpaired) electrons. The Morgan fingerprint density at radius 3 is 2.50 bits per heavy atom. The zero-order chi connectivity index (χ0) is 27.9. The van der Waals surface area contributed by atoms with Gasteiger partial charge in [-0.3, -0.25) is 9.59 Å². The Morgan fingerprint density at radius 2 is 1.75 bits per heavy atom. The predicted molar refractivity (Wildman–Crippen MR) is 143 cm³/mol. The first-order valence-electron chi connectivity index (χ1n) is 12.6. The van der Waals surface area contributed by atoms with E-state index in [2.05, 4.69) is 15.4 Å². The number of carbonyl (C=O) groups is 2. The average molecular weight is 560 g/mol. The van der Waals surface area contributed by atoms with Gasteiger partial charge in [-0.2, -0.15) is 5.10 Å². The van der Waals surface area contributed by atoms with E-state index in [-0.39, 0.29) is 41.7 Å². The van der Waals surface area contributed by atoms with Gasteiger partial charge in [0.2, 0.25) is 0 Å². The molecule has 0 spiro atoms. The quantitative estimate of drug-likeness (QED) is 0.347.